The van der Waals surface area contributed by atoms with Crippen molar-refractivity contribution in [3.8, 4) is 0 Å². The standard InChI is InChI=1S/C12H19OP/c1-9(2)11-5-7-12(8-6-11)14(13)10(3)4/h5-10,14H,1-4H3. The molecule has 1 nitrogen and oxygen atoms in total. The largest absolute Gasteiger partial charge is 0.322 e. The minimum absolute atomic E-state index is 0.268. The fraction of sp³-hybridized carbons (Fsp3) is 0.500. The highest BCUT2D eigenvalue weighted by atomic mass is 31.1. The summed E-state index contributed by atoms with van der Waals surface area (Å²) in [5.41, 5.74) is 1.58. The Hall–Kier alpha value is -0.550. The van der Waals surface area contributed by atoms with Crippen LogP contribution in [0.15, 0.2) is 24.3 Å². The van der Waals surface area contributed by atoms with Gasteiger partial charge in [0.25, 0.3) is 0 Å². The Labute approximate surface area is 87.3 Å². The normalized spacial score (nSPS) is 13.6. The molecular formula is C12H19OP. The van der Waals surface area contributed by atoms with E-state index in [9.17, 15) is 4.57 Å². The molecule has 1 rings (SSSR count). The maximum atomic E-state index is 11.8. The lowest BCUT2D eigenvalue weighted by Gasteiger charge is -2.08. The summed E-state index contributed by atoms with van der Waals surface area (Å²) in [7, 11) is -1.58. The molecule has 0 aliphatic rings. The molecule has 0 N–H and O–H groups in total. The first-order chi connectivity index (χ1) is 6.52. The summed E-state index contributed by atoms with van der Waals surface area (Å²) in [5.74, 6) is 0.547. The SMILES string of the molecule is CC(C)c1ccc([PH](=O)C(C)C)cc1. The van der Waals surface area contributed by atoms with E-state index in [1.165, 1.54) is 5.56 Å². The van der Waals surface area contributed by atoms with Gasteiger partial charge in [-0.1, -0.05) is 52.0 Å². The number of hydrogen-bond acceptors (Lipinski definition) is 1. The van der Waals surface area contributed by atoms with Crippen molar-refractivity contribution in [3.05, 3.63) is 29.8 Å². The van der Waals surface area contributed by atoms with Gasteiger partial charge in [-0.15, -0.1) is 0 Å². The van der Waals surface area contributed by atoms with Gasteiger partial charge in [0.1, 0.15) is 7.80 Å². The second-order valence-corrected chi connectivity index (χ2v) is 6.76. The monoisotopic (exact) mass is 210 g/mol. The van der Waals surface area contributed by atoms with Crippen molar-refractivity contribution < 1.29 is 4.57 Å². The molecule has 0 amide bonds. The van der Waals surface area contributed by atoms with Crippen LogP contribution >= 0.6 is 7.80 Å². The van der Waals surface area contributed by atoms with Crippen LogP contribution in [0.4, 0.5) is 0 Å². The lowest BCUT2D eigenvalue weighted by Crippen LogP contribution is -2.02. The molecular weight excluding hydrogens is 191 g/mol. The van der Waals surface area contributed by atoms with E-state index in [-0.39, 0.29) is 5.66 Å². The van der Waals surface area contributed by atoms with Crippen molar-refractivity contribution in [3.63, 3.8) is 0 Å². The van der Waals surface area contributed by atoms with Gasteiger partial charge in [0.15, 0.2) is 0 Å². The first kappa shape index (κ1) is 11.5. The molecule has 2 heteroatoms. The number of rotatable bonds is 3. The summed E-state index contributed by atoms with van der Waals surface area (Å²) < 4.78 is 11.8. The predicted octanol–water partition coefficient (Wildman–Crippen LogP) is 3.40. The second kappa shape index (κ2) is 4.79. The summed E-state index contributed by atoms with van der Waals surface area (Å²) in [5, 5.41) is 1.01. The molecule has 0 aromatic heterocycles. The van der Waals surface area contributed by atoms with Gasteiger partial charge in [-0.2, -0.15) is 0 Å². The fourth-order valence-corrected chi connectivity index (χ4v) is 2.53. The average molecular weight is 210 g/mol. The molecule has 1 atom stereocenters. The lowest BCUT2D eigenvalue weighted by atomic mass is 10.0. The van der Waals surface area contributed by atoms with Gasteiger partial charge in [0, 0.05) is 11.0 Å². The van der Waals surface area contributed by atoms with Gasteiger partial charge in [-0.3, -0.25) is 0 Å². The zero-order valence-electron chi connectivity index (χ0n) is 9.37. The quantitative estimate of drug-likeness (QED) is 0.699. The van der Waals surface area contributed by atoms with Crippen LogP contribution in [-0.4, -0.2) is 5.66 Å². The molecule has 0 saturated carbocycles. The second-order valence-electron chi connectivity index (χ2n) is 4.30. The van der Waals surface area contributed by atoms with Gasteiger partial charge >= 0.3 is 0 Å². The van der Waals surface area contributed by atoms with E-state index in [1.807, 2.05) is 26.0 Å². The van der Waals surface area contributed by atoms with Crippen molar-refractivity contribution >= 4 is 13.1 Å². The summed E-state index contributed by atoms with van der Waals surface area (Å²) in [6.07, 6.45) is 0. The van der Waals surface area contributed by atoms with Crippen LogP contribution in [0, 0.1) is 0 Å². The van der Waals surface area contributed by atoms with Gasteiger partial charge in [0.05, 0.1) is 0 Å². The highest BCUT2D eigenvalue weighted by molar-refractivity contribution is 7.54. The van der Waals surface area contributed by atoms with Crippen molar-refractivity contribution in [1.82, 2.24) is 0 Å². The van der Waals surface area contributed by atoms with Gasteiger partial charge < -0.3 is 4.57 Å². The minimum atomic E-state index is -1.58. The summed E-state index contributed by atoms with van der Waals surface area (Å²) in [6.45, 7) is 8.36. The van der Waals surface area contributed by atoms with E-state index in [2.05, 4.69) is 26.0 Å². The molecule has 0 bridgehead atoms. The average Bonchev–Trinajstić information content (AvgIpc) is 2.16. The molecule has 1 aromatic rings. The maximum Gasteiger partial charge on any atom is 0.106 e. The first-order valence-electron chi connectivity index (χ1n) is 5.16. The Morgan fingerprint density at radius 2 is 1.50 bits per heavy atom. The first-order valence-corrected chi connectivity index (χ1v) is 6.65. The molecule has 0 heterocycles. The maximum absolute atomic E-state index is 11.8. The summed E-state index contributed by atoms with van der Waals surface area (Å²) >= 11 is 0. The third kappa shape index (κ3) is 2.72. The van der Waals surface area contributed by atoms with Crippen LogP contribution < -0.4 is 5.30 Å². The van der Waals surface area contributed by atoms with E-state index >= 15 is 0 Å². The van der Waals surface area contributed by atoms with Crippen molar-refractivity contribution in [2.45, 2.75) is 39.3 Å². The molecule has 0 aliphatic carbocycles. The third-order valence-electron chi connectivity index (χ3n) is 2.39. The van der Waals surface area contributed by atoms with E-state index in [1.54, 1.807) is 0 Å². The highest BCUT2D eigenvalue weighted by Crippen LogP contribution is 2.26. The Balaban J connectivity index is 2.89. The molecule has 14 heavy (non-hydrogen) atoms. The van der Waals surface area contributed by atoms with Crippen LogP contribution in [-0.2, 0) is 4.57 Å². The van der Waals surface area contributed by atoms with Crippen molar-refractivity contribution in [1.29, 1.82) is 0 Å². The highest BCUT2D eigenvalue weighted by Gasteiger charge is 2.08. The Morgan fingerprint density at radius 1 is 1.00 bits per heavy atom. The minimum Gasteiger partial charge on any atom is -0.322 e. The van der Waals surface area contributed by atoms with Crippen LogP contribution in [0.1, 0.15) is 39.2 Å². The van der Waals surface area contributed by atoms with Crippen molar-refractivity contribution in [2.75, 3.05) is 0 Å². The van der Waals surface area contributed by atoms with E-state index < -0.39 is 7.80 Å². The fourth-order valence-electron chi connectivity index (χ4n) is 1.37. The Bertz CT molecular complexity index is 312. The van der Waals surface area contributed by atoms with Crippen LogP contribution in [0.3, 0.4) is 0 Å². The Kier molecular flexibility index (Phi) is 3.95. The van der Waals surface area contributed by atoms with Gasteiger partial charge in [-0.25, -0.2) is 0 Å². The van der Waals surface area contributed by atoms with Crippen molar-refractivity contribution in [2.24, 2.45) is 0 Å². The summed E-state index contributed by atoms with van der Waals surface area (Å²) in [6, 6.07) is 8.20. The molecule has 0 spiro atoms. The lowest BCUT2D eigenvalue weighted by molar-refractivity contribution is 0.588. The van der Waals surface area contributed by atoms with E-state index in [0.29, 0.717) is 5.92 Å². The third-order valence-corrected chi connectivity index (χ3v) is 4.34. The predicted molar refractivity (Wildman–Crippen MR) is 64.3 cm³/mol. The smallest absolute Gasteiger partial charge is 0.106 e. The van der Waals surface area contributed by atoms with Crippen LogP contribution in [0.2, 0.25) is 0 Å². The molecule has 1 unspecified atom stereocenters. The molecule has 0 aliphatic heterocycles. The molecule has 0 saturated heterocycles. The van der Waals surface area contributed by atoms with Gasteiger partial charge in [0.2, 0.25) is 0 Å². The topological polar surface area (TPSA) is 17.1 Å². The Morgan fingerprint density at radius 3 is 1.86 bits per heavy atom. The summed E-state index contributed by atoms with van der Waals surface area (Å²) in [4.78, 5) is 0. The molecule has 78 valence electrons. The van der Waals surface area contributed by atoms with Crippen LogP contribution in [0.5, 0.6) is 0 Å². The zero-order chi connectivity index (χ0) is 10.7. The van der Waals surface area contributed by atoms with Crippen LogP contribution in [0.25, 0.3) is 0 Å². The van der Waals surface area contributed by atoms with E-state index in [4.69, 9.17) is 0 Å². The number of benzene rings is 1. The van der Waals surface area contributed by atoms with Gasteiger partial charge in [-0.05, 0) is 11.5 Å². The number of hydrogen-bond donors (Lipinski definition) is 0. The molecule has 0 radical (unpaired) electrons. The zero-order valence-corrected chi connectivity index (χ0v) is 10.4. The molecule has 0 fully saturated rings. The molecule has 1 aromatic carbocycles. The van der Waals surface area contributed by atoms with E-state index in [0.717, 1.165) is 5.30 Å².